The number of fused-ring (bicyclic) bond motifs is 1. The van der Waals surface area contributed by atoms with Crippen molar-refractivity contribution in [3.63, 3.8) is 0 Å². The van der Waals surface area contributed by atoms with Crippen molar-refractivity contribution in [1.29, 1.82) is 0 Å². The lowest BCUT2D eigenvalue weighted by Crippen LogP contribution is -2.27. The highest BCUT2D eigenvalue weighted by Gasteiger charge is 2.29. The monoisotopic (exact) mass is 452 g/mol. The molecule has 1 aliphatic heterocycles. The second-order valence-corrected chi connectivity index (χ2v) is 11.2. The number of hydrogen-bond donors (Lipinski definition) is 2. The maximum Gasteiger partial charge on any atom is 0.237 e. The number of benzene rings is 2. The van der Waals surface area contributed by atoms with Gasteiger partial charge in [0.15, 0.2) is 9.84 Å². The Bertz CT molecular complexity index is 1090. The number of hydrogen-bond acceptors (Lipinski definition) is 5. The molecule has 0 radical (unpaired) electrons. The van der Waals surface area contributed by atoms with Gasteiger partial charge in [0, 0.05) is 22.0 Å². The Balaban J connectivity index is 1.75. The van der Waals surface area contributed by atoms with Gasteiger partial charge in [-0.1, -0.05) is 17.7 Å². The Labute approximate surface area is 179 Å². The van der Waals surface area contributed by atoms with Crippen LogP contribution in [0.4, 0.5) is 11.4 Å². The fourth-order valence-corrected chi connectivity index (χ4v) is 5.38. The van der Waals surface area contributed by atoms with Crippen molar-refractivity contribution in [3.8, 4) is 0 Å². The molecule has 0 bridgehead atoms. The Morgan fingerprint density at radius 3 is 2.72 bits per heavy atom. The summed E-state index contributed by atoms with van der Waals surface area (Å²) in [4.78, 5) is 25.2. The first kappa shape index (κ1) is 21.7. The third-order valence-corrected chi connectivity index (χ3v) is 8.24. The normalized spacial score (nSPS) is 17.2. The van der Waals surface area contributed by atoms with Crippen molar-refractivity contribution in [3.05, 3.63) is 47.0 Å². The van der Waals surface area contributed by atoms with Gasteiger partial charge in [-0.2, -0.15) is 0 Å². The molecule has 1 heterocycles. The summed E-state index contributed by atoms with van der Waals surface area (Å²) in [5, 5.41) is 4.76. The summed E-state index contributed by atoms with van der Waals surface area (Å²) in [5.74, 6) is -0.580. The zero-order chi connectivity index (χ0) is 21.3. The number of rotatable bonds is 5. The molecule has 9 heteroatoms. The van der Waals surface area contributed by atoms with Gasteiger partial charge < -0.3 is 10.6 Å². The highest BCUT2D eigenvalue weighted by Crippen LogP contribution is 2.37. The van der Waals surface area contributed by atoms with E-state index in [0.717, 1.165) is 10.5 Å². The van der Waals surface area contributed by atoms with Crippen LogP contribution >= 0.6 is 23.4 Å². The first-order chi connectivity index (χ1) is 13.6. The van der Waals surface area contributed by atoms with Gasteiger partial charge in [-0.15, -0.1) is 11.8 Å². The number of carbonyl (C=O) groups excluding carboxylic acids is 2. The quantitative estimate of drug-likeness (QED) is 0.706. The SMILES string of the molecule is Cc1ccc(Cl)cc1NC(=O)CC(C)S(=O)(=O)c1ccc2c(c1)NC(=O)C(C)S2. The zero-order valence-corrected chi connectivity index (χ0v) is 18.5. The van der Waals surface area contributed by atoms with Crippen LogP contribution < -0.4 is 10.6 Å². The van der Waals surface area contributed by atoms with Crippen molar-refractivity contribution in [2.75, 3.05) is 10.6 Å². The molecule has 2 aromatic carbocycles. The van der Waals surface area contributed by atoms with E-state index in [1.165, 1.54) is 30.8 Å². The van der Waals surface area contributed by atoms with Gasteiger partial charge in [-0.25, -0.2) is 8.42 Å². The molecule has 2 aromatic rings. The molecule has 0 aliphatic carbocycles. The van der Waals surface area contributed by atoms with Crippen molar-refractivity contribution in [2.45, 2.75) is 47.5 Å². The summed E-state index contributed by atoms with van der Waals surface area (Å²) in [6, 6.07) is 9.77. The highest BCUT2D eigenvalue weighted by atomic mass is 35.5. The van der Waals surface area contributed by atoms with Crippen LogP contribution in [0.1, 0.15) is 25.8 Å². The first-order valence-electron chi connectivity index (χ1n) is 8.99. The van der Waals surface area contributed by atoms with Crippen LogP contribution in [0.5, 0.6) is 0 Å². The topological polar surface area (TPSA) is 92.3 Å². The van der Waals surface area contributed by atoms with E-state index in [4.69, 9.17) is 11.6 Å². The number of anilines is 2. The molecule has 1 aliphatic rings. The van der Waals surface area contributed by atoms with Crippen LogP contribution in [0.15, 0.2) is 46.2 Å². The van der Waals surface area contributed by atoms with Crippen molar-refractivity contribution in [2.24, 2.45) is 0 Å². The predicted octanol–water partition coefficient (Wildman–Crippen LogP) is 4.27. The lowest BCUT2D eigenvalue weighted by molar-refractivity contribution is -0.116. The molecule has 0 aromatic heterocycles. The summed E-state index contributed by atoms with van der Waals surface area (Å²) in [6.07, 6.45) is -0.205. The Hall–Kier alpha value is -2.03. The molecular weight excluding hydrogens is 432 g/mol. The molecule has 29 heavy (non-hydrogen) atoms. The second-order valence-electron chi connectivity index (χ2n) is 6.97. The van der Waals surface area contributed by atoms with Crippen LogP contribution in [0, 0.1) is 6.92 Å². The largest absolute Gasteiger partial charge is 0.326 e. The van der Waals surface area contributed by atoms with E-state index < -0.39 is 21.0 Å². The molecular formula is C20H21ClN2O4S2. The van der Waals surface area contributed by atoms with E-state index in [2.05, 4.69) is 10.6 Å². The number of halogens is 1. The summed E-state index contributed by atoms with van der Waals surface area (Å²) in [6.45, 7) is 5.11. The Morgan fingerprint density at radius 2 is 2.00 bits per heavy atom. The fraction of sp³-hybridized carbons (Fsp3) is 0.300. The summed E-state index contributed by atoms with van der Waals surface area (Å²) in [7, 11) is -3.76. The van der Waals surface area contributed by atoms with E-state index in [-0.39, 0.29) is 22.5 Å². The van der Waals surface area contributed by atoms with Gasteiger partial charge in [0.25, 0.3) is 0 Å². The molecule has 0 fully saturated rings. The number of sulfone groups is 1. The van der Waals surface area contributed by atoms with Gasteiger partial charge in [-0.3, -0.25) is 9.59 Å². The van der Waals surface area contributed by atoms with Gasteiger partial charge >= 0.3 is 0 Å². The van der Waals surface area contributed by atoms with Gasteiger partial charge in [-0.05, 0) is 56.7 Å². The minimum atomic E-state index is -3.76. The molecule has 0 saturated carbocycles. The summed E-state index contributed by atoms with van der Waals surface area (Å²) >= 11 is 7.34. The molecule has 0 saturated heterocycles. The summed E-state index contributed by atoms with van der Waals surface area (Å²) < 4.78 is 25.9. The number of nitrogens with one attached hydrogen (secondary N) is 2. The fourth-order valence-electron chi connectivity index (χ4n) is 2.90. The van der Waals surface area contributed by atoms with E-state index in [1.54, 1.807) is 31.2 Å². The van der Waals surface area contributed by atoms with Crippen LogP contribution in [-0.2, 0) is 19.4 Å². The van der Waals surface area contributed by atoms with E-state index in [9.17, 15) is 18.0 Å². The maximum atomic E-state index is 13.0. The molecule has 2 N–H and O–H groups in total. The summed E-state index contributed by atoms with van der Waals surface area (Å²) in [5.41, 5.74) is 1.86. The predicted molar refractivity (Wildman–Crippen MR) is 116 cm³/mol. The van der Waals surface area contributed by atoms with E-state index >= 15 is 0 Å². The third kappa shape index (κ3) is 4.76. The third-order valence-electron chi connectivity index (χ3n) is 4.69. The van der Waals surface area contributed by atoms with Crippen LogP contribution in [0.2, 0.25) is 5.02 Å². The highest BCUT2D eigenvalue weighted by molar-refractivity contribution is 8.01. The smallest absolute Gasteiger partial charge is 0.237 e. The van der Waals surface area contributed by atoms with Crippen molar-refractivity contribution >= 4 is 56.4 Å². The Morgan fingerprint density at radius 1 is 1.28 bits per heavy atom. The standard InChI is InChI=1S/C20H21ClN2O4S2/c1-11-4-5-14(21)9-16(11)22-19(24)8-12(2)29(26,27)15-6-7-18-17(10-15)23-20(25)13(3)28-18/h4-7,9-10,12-13H,8H2,1-3H3,(H,22,24)(H,23,25). The molecule has 3 rings (SSSR count). The molecule has 6 nitrogen and oxygen atoms in total. The van der Waals surface area contributed by atoms with Gasteiger partial charge in [0.05, 0.1) is 21.1 Å². The number of thioether (sulfide) groups is 1. The minimum absolute atomic E-state index is 0.0749. The van der Waals surface area contributed by atoms with Crippen LogP contribution in [-0.4, -0.2) is 30.7 Å². The minimum Gasteiger partial charge on any atom is -0.326 e. The van der Waals surface area contributed by atoms with Crippen LogP contribution in [0.3, 0.4) is 0 Å². The van der Waals surface area contributed by atoms with Gasteiger partial charge in [0.2, 0.25) is 11.8 Å². The van der Waals surface area contributed by atoms with Crippen molar-refractivity contribution in [1.82, 2.24) is 0 Å². The average Bonchev–Trinajstić information content (AvgIpc) is 2.65. The van der Waals surface area contributed by atoms with E-state index in [1.807, 2.05) is 6.92 Å². The second kappa shape index (κ2) is 8.38. The lowest BCUT2D eigenvalue weighted by Gasteiger charge is -2.22. The van der Waals surface area contributed by atoms with E-state index in [0.29, 0.717) is 16.4 Å². The molecule has 2 unspecified atom stereocenters. The lowest BCUT2D eigenvalue weighted by atomic mass is 10.2. The first-order valence-corrected chi connectivity index (χ1v) is 11.8. The molecule has 0 spiro atoms. The number of carbonyl (C=O) groups is 2. The number of aryl methyl sites for hydroxylation is 1. The van der Waals surface area contributed by atoms with Crippen LogP contribution in [0.25, 0.3) is 0 Å². The molecule has 154 valence electrons. The Kier molecular flexibility index (Phi) is 6.26. The molecule has 2 atom stereocenters. The van der Waals surface area contributed by atoms with Gasteiger partial charge in [0.1, 0.15) is 0 Å². The molecule has 2 amide bonds. The van der Waals surface area contributed by atoms with Crippen molar-refractivity contribution < 1.29 is 18.0 Å². The maximum absolute atomic E-state index is 13.0. The number of amides is 2. The average molecular weight is 453 g/mol. The zero-order valence-electron chi connectivity index (χ0n) is 16.2.